The van der Waals surface area contributed by atoms with E-state index in [9.17, 15) is 9.59 Å². The highest BCUT2D eigenvalue weighted by molar-refractivity contribution is 5.92. The van der Waals surface area contributed by atoms with Crippen LogP contribution in [-0.4, -0.2) is 35.1 Å². The highest BCUT2D eigenvalue weighted by Crippen LogP contribution is 2.13. The lowest BCUT2D eigenvalue weighted by molar-refractivity contribution is -0.141. The third-order valence-corrected chi connectivity index (χ3v) is 3.48. The van der Waals surface area contributed by atoms with E-state index in [0.717, 1.165) is 19.3 Å². The van der Waals surface area contributed by atoms with E-state index >= 15 is 0 Å². The summed E-state index contributed by atoms with van der Waals surface area (Å²) in [5, 5.41) is 11.8. The van der Waals surface area contributed by atoms with E-state index in [1.165, 1.54) is 17.5 Å². The minimum absolute atomic E-state index is 0.370. The first kappa shape index (κ1) is 17.0. The number of hydrogen-bond acceptors (Lipinski definition) is 2. The molecule has 0 fully saturated rings. The van der Waals surface area contributed by atoms with Crippen LogP contribution in [0.4, 0.5) is 10.5 Å². The fourth-order valence-electron chi connectivity index (χ4n) is 2.10. The van der Waals surface area contributed by atoms with E-state index < -0.39 is 18.0 Å². The van der Waals surface area contributed by atoms with Crippen molar-refractivity contribution in [2.75, 3.05) is 12.4 Å². The zero-order valence-corrected chi connectivity index (χ0v) is 12.9. The van der Waals surface area contributed by atoms with Gasteiger partial charge in [0, 0.05) is 12.7 Å². The number of nitrogens with zero attached hydrogens (tertiary/aromatic N) is 1. The molecule has 0 spiro atoms. The second-order valence-corrected chi connectivity index (χ2v) is 5.10. The van der Waals surface area contributed by atoms with Crippen LogP contribution in [0.25, 0.3) is 0 Å². The number of carbonyl (C=O) groups is 2. The molecule has 0 bridgehead atoms. The smallest absolute Gasteiger partial charge is 0.326 e. The zero-order chi connectivity index (χ0) is 15.8. The molecule has 2 amide bonds. The molecule has 21 heavy (non-hydrogen) atoms. The molecule has 5 heteroatoms. The van der Waals surface area contributed by atoms with Crippen LogP contribution in [0, 0.1) is 0 Å². The van der Waals surface area contributed by atoms with Crippen LogP contribution in [0.5, 0.6) is 0 Å². The van der Waals surface area contributed by atoms with Crippen molar-refractivity contribution in [2.45, 2.75) is 45.6 Å². The molecule has 0 heterocycles. The number of amides is 2. The molecule has 0 radical (unpaired) electrons. The van der Waals surface area contributed by atoms with E-state index in [-0.39, 0.29) is 0 Å². The largest absolute Gasteiger partial charge is 0.480 e. The first-order chi connectivity index (χ1) is 9.99. The molecule has 0 aliphatic carbocycles. The molecule has 0 aromatic heterocycles. The lowest BCUT2D eigenvalue weighted by Gasteiger charge is -2.24. The van der Waals surface area contributed by atoms with Crippen molar-refractivity contribution < 1.29 is 14.7 Å². The number of nitrogens with one attached hydrogen (secondary N) is 1. The molecule has 0 saturated heterocycles. The van der Waals surface area contributed by atoms with Gasteiger partial charge in [0.15, 0.2) is 0 Å². The maximum absolute atomic E-state index is 12.0. The van der Waals surface area contributed by atoms with Crippen LogP contribution in [0.3, 0.4) is 0 Å². The Bertz CT molecular complexity index is 471. The Morgan fingerprint density at radius 1 is 1.24 bits per heavy atom. The highest BCUT2D eigenvalue weighted by Gasteiger charge is 2.24. The van der Waals surface area contributed by atoms with Crippen molar-refractivity contribution >= 4 is 17.7 Å². The van der Waals surface area contributed by atoms with Crippen molar-refractivity contribution in [2.24, 2.45) is 0 Å². The molecule has 116 valence electrons. The van der Waals surface area contributed by atoms with Crippen molar-refractivity contribution in [3.8, 4) is 0 Å². The summed E-state index contributed by atoms with van der Waals surface area (Å²) in [6.45, 7) is 3.89. The number of carboxylic acids is 1. The summed E-state index contributed by atoms with van der Waals surface area (Å²) in [7, 11) is 1.49. The standard InChI is InChI=1S/C16H24N2O3/c1-4-6-7-12-8-10-13(11-9-12)17-16(21)18(3)14(5-2)15(19)20/h8-11,14H,4-7H2,1-3H3,(H,17,21)(H,19,20). The van der Waals surface area contributed by atoms with Gasteiger partial charge in [0.25, 0.3) is 0 Å². The molecule has 1 aromatic rings. The van der Waals surface area contributed by atoms with E-state index in [1.54, 1.807) is 6.92 Å². The quantitative estimate of drug-likeness (QED) is 0.809. The maximum atomic E-state index is 12.0. The Morgan fingerprint density at radius 3 is 2.33 bits per heavy atom. The predicted molar refractivity (Wildman–Crippen MR) is 83.6 cm³/mol. The van der Waals surface area contributed by atoms with Crippen LogP contribution >= 0.6 is 0 Å². The molecule has 0 saturated carbocycles. The molecule has 1 aromatic carbocycles. The number of rotatable bonds is 7. The SMILES string of the molecule is CCCCc1ccc(NC(=O)N(C)C(CC)C(=O)O)cc1. The summed E-state index contributed by atoms with van der Waals surface area (Å²) < 4.78 is 0. The maximum Gasteiger partial charge on any atom is 0.326 e. The number of likely N-dealkylation sites (N-methyl/N-ethyl adjacent to an activating group) is 1. The van der Waals surface area contributed by atoms with Gasteiger partial charge in [-0.2, -0.15) is 0 Å². The number of anilines is 1. The van der Waals surface area contributed by atoms with Gasteiger partial charge >= 0.3 is 12.0 Å². The third kappa shape index (κ3) is 5.10. The van der Waals surface area contributed by atoms with E-state index in [2.05, 4.69) is 12.2 Å². The van der Waals surface area contributed by atoms with Crippen LogP contribution < -0.4 is 5.32 Å². The highest BCUT2D eigenvalue weighted by atomic mass is 16.4. The molecule has 1 unspecified atom stereocenters. The van der Waals surface area contributed by atoms with Crippen molar-refractivity contribution in [3.63, 3.8) is 0 Å². The van der Waals surface area contributed by atoms with Gasteiger partial charge in [-0.3, -0.25) is 0 Å². The molecule has 0 aliphatic heterocycles. The first-order valence-electron chi connectivity index (χ1n) is 7.35. The number of carboxylic acid groups (broad SMARTS) is 1. The fourth-order valence-corrected chi connectivity index (χ4v) is 2.10. The molecular formula is C16H24N2O3. The van der Waals surface area contributed by atoms with E-state index in [0.29, 0.717) is 12.1 Å². The monoisotopic (exact) mass is 292 g/mol. The number of aliphatic carboxylic acids is 1. The number of hydrogen-bond donors (Lipinski definition) is 2. The summed E-state index contributed by atoms with van der Waals surface area (Å²) in [5.41, 5.74) is 1.91. The van der Waals surface area contributed by atoms with Gasteiger partial charge in [-0.25, -0.2) is 9.59 Å². The summed E-state index contributed by atoms with van der Waals surface area (Å²) in [4.78, 5) is 24.3. The van der Waals surface area contributed by atoms with Crippen molar-refractivity contribution in [1.29, 1.82) is 0 Å². The second-order valence-electron chi connectivity index (χ2n) is 5.10. The fraction of sp³-hybridized carbons (Fsp3) is 0.500. The Kier molecular flexibility index (Phi) is 6.72. The summed E-state index contributed by atoms with van der Waals surface area (Å²) >= 11 is 0. The topological polar surface area (TPSA) is 69.6 Å². The number of carbonyl (C=O) groups excluding carboxylic acids is 1. The average molecular weight is 292 g/mol. The minimum Gasteiger partial charge on any atom is -0.480 e. The molecule has 2 N–H and O–H groups in total. The Balaban J connectivity index is 2.63. The van der Waals surface area contributed by atoms with Crippen LogP contribution in [0.15, 0.2) is 24.3 Å². The van der Waals surface area contributed by atoms with Gasteiger partial charge in [0.1, 0.15) is 6.04 Å². The van der Waals surface area contributed by atoms with Gasteiger partial charge in [0.05, 0.1) is 0 Å². The third-order valence-electron chi connectivity index (χ3n) is 3.48. The van der Waals surface area contributed by atoms with Crippen LogP contribution in [-0.2, 0) is 11.2 Å². The van der Waals surface area contributed by atoms with Gasteiger partial charge < -0.3 is 15.3 Å². The Labute approximate surface area is 126 Å². The van der Waals surface area contributed by atoms with Crippen LogP contribution in [0.2, 0.25) is 0 Å². The van der Waals surface area contributed by atoms with Gasteiger partial charge in [-0.1, -0.05) is 32.4 Å². The summed E-state index contributed by atoms with van der Waals surface area (Å²) in [6, 6.07) is 6.44. The number of urea groups is 1. The lowest BCUT2D eigenvalue weighted by atomic mass is 10.1. The van der Waals surface area contributed by atoms with E-state index in [4.69, 9.17) is 5.11 Å². The molecular weight excluding hydrogens is 268 g/mol. The number of benzene rings is 1. The normalized spacial score (nSPS) is 11.8. The predicted octanol–water partition coefficient (Wildman–Crippen LogP) is 3.36. The summed E-state index contributed by atoms with van der Waals surface area (Å²) in [5.74, 6) is -0.995. The molecule has 5 nitrogen and oxygen atoms in total. The number of aryl methyl sites for hydroxylation is 1. The van der Waals surface area contributed by atoms with Crippen molar-refractivity contribution in [1.82, 2.24) is 4.90 Å². The Morgan fingerprint density at radius 2 is 1.86 bits per heavy atom. The second kappa shape index (κ2) is 8.29. The minimum atomic E-state index is -0.995. The van der Waals surface area contributed by atoms with Crippen molar-refractivity contribution in [3.05, 3.63) is 29.8 Å². The summed E-state index contributed by atoms with van der Waals surface area (Å²) in [6.07, 6.45) is 3.69. The molecule has 1 atom stereocenters. The van der Waals surface area contributed by atoms with E-state index in [1.807, 2.05) is 24.3 Å². The Hall–Kier alpha value is -2.04. The average Bonchev–Trinajstić information content (AvgIpc) is 2.46. The lowest BCUT2D eigenvalue weighted by Crippen LogP contribution is -2.44. The van der Waals surface area contributed by atoms with Gasteiger partial charge in [-0.15, -0.1) is 0 Å². The molecule has 1 rings (SSSR count). The van der Waals surface area contributed by atoms with Gasteiger partial charge in [0.2, 0.25) is 0 Å². The first-order valence-corrected chi connectivity index (χ1v) is 7.35. The van der Waals surface area contributed by atoms with Crippen LogP contribution in [0.1, 0.15) is 38.7 Å². The zero-order valence-electron chi connectivity index (χ0n) is 12.9. The number of unbranched alkanes of at least 4 members (excludes halogenated alkanes) is 1. The molecule has 0 aliphatic rings. The van der Waals surface area contributed by atoms with Gasteiger partial charge in [-0.05, 0) is 37.0 Å².